The third-order valence-corrected chi connectivity index (χ3v) is 4.22. The molecule has 2 rings (SSSR count). The number of hydrogen-bond donors (Lipinski definition) is 1. The summed E-state index contributed by atoms with van der Waals surface area (Å²) in [5.74, 6) is 0.718. The average molecular weight is 333 g/mol. The first-order valence-electron chi connectivity index (χ1n) is 8.60. The summed E-state index contributed by atoms with van der Waals surface area (Å²) < 4.78 is 10.6. The molecule has 0 bridgehead atoms. The second-order valence-electron chi connectivity index (χ2n) is 5.99. The van der Waals surface area contributed by atoms with Crippen LogP contribution < -0.4 is 5.32 Å². The number of amides is 1. The molecule has 1 amide bonds. The third-order valence-electron chi connectivity index (χ3n) is 4.22. The number of carbonyl (C=O) groups is 1. The fourth-order valence-corrected chi connectivity index (χ4v) is 2.74. The summed E-state index contributed by atoms with van der Waals surface area (Å²) in [5, 5.41) is 6.94. The van der Waals surface area contributed by atoms with Crippen molar-refractivity contribution in [3.63, 3.8) is 0 Å². The predicted molar refractivity (Wildman–Crippen MR) is 92.9 cm³/mol. The van der Waals surface area contributed by atoms with Gasteiger partial charge in [-0.15, -0.1) is 0 Å². The Morgan fingerprint density at radius 3 is 2.75 bits per heavy atom. The summed E-state index contributed by atoms with van der Waals surface area (Å²) >= 11 is 0. The Balaban J connectivity index is 1.94. The summed E-state index contributed by atoms with van der Waals surface area (Å²) in [7, 11) is 0. The largest absolute Gasteiger partial charge is 0.461 e. The molecular weight excluding hydrogens is 306 g/mol. The Bertz CT molecular complexity index is 630. The van der Waals surface area contributed by atoms with E-state index in [0.29, 0.717) is 22.8 Å². The highest BCUT2D eigenvalue weighted by Crippen LogP contribution is 2.26. The summed E-state index contributed by atoms with van der Waals surface area (Å²) in [4.78, 5) is 15.0. The number of rotatable bonds is 9. The molecule has 0 spiro atoms. The van der Waals surface area contributed by atoms with Crippen LogP contribution in [-0.2, 0) is 0 Å². The van der Waals surface area contributed by atoms with Crippen molar-refractivity contribution in [1.82, 2.24) is 15.4 Å². The minimum Gasteiger partial charge on any atom is -0.461 e. The van der Waals surface area contributed by atoms with E-state index in [-0.39, 0.29) is 11.9 Å². The molecule has 1 atom stereocenters. The molecule has 0 aliphatic carbocycles. The molecule has 0 aromatic carbocycles. The van der Waals surface area contributed by atoms with Gasteiger partial charge < -0.3 is 19.2 Å². The van der Waals surface area contributed by atoms with Gasteiger partial charge in [0.25, 0.3) is 5.91 Å². The Labute approximate surface area is 143 Å². The molecule has 24 heavy (non-hydrogen) atoms. The van der Waals surface area contributed by atoms with Crippen LogP contribution in [0.25, 0.3) is 11.5 Å². The number of hydrogen-bond acceptors (Lipinski definition) is 5. The van der Waals surface area contributed by atoms with Gasteiger partial charge in [-0.05, 0) is 58.5 Å². The number of nitrogens with zero attached hydrogens (tertiary/aromatic N) is 2. The second kappa shape index (κ2) is 8.68. The van der Waals surface area contributed by atoms with E-state index in [1.807, 2.05) is 6.92 Å². The Morgan fingerprint density at radius 2 is 2.12 bits per heavy atom. The van der Waals surface area contributed by atoms with Gasteiger partial charge in [-0.2, -0.15) is 0 Å². The molecule has 0 radical (unpaired) electrons. The lowest BCUT2D eigenvalue weighted by Crippen LogP contribution is -2.34. The van der Waals surface area contributed by atoms with E-state index in [9.17, 15) is 4.79 Å². The highest BCUT2D eigenvalue weighted by atomic mass is 16.5. The van der Waals surface area contributed by atoms with Crippen LogP contribution in [0.4, 0.5) is 0 Å². The highest BCUT2D eigenvalue weighted by molar-refractivity contribution is 6.00. The van der Waals surface area contributed by atoms with Crippen molar-refractivity contribution in [2.24, 2.45) is 0 Å². The van der Waals surface area contributed by atoms with Gasteiger partial charge in [0.15, 0.2) is 5.76 Å². The van der Waals surface area contributed by atoms with Crippen molar-refractivity contribution in [1.29, 1.82) is 0 Å². The first kappa shape index (κ1) is 18.3. The molecule has 132 valence electrons. The Morgan fingerprint density at radius 1 is 1.38 bits per heavy atom. The van der Waals surface area contributed by atoms with Crippen molar-refractivity contribution < 1.29 is 13.7 Å². The monoisotopic (exact) mass is 333 g/mol. The van der Waals surface area contributed by atoms with Crippen LogP contribution in [0.1, 0.15) is 49.7 Å². The third kappa shape index (κ3) is 4.47. The maximum absolute atomic E-state index is 12.6. The van der Waals surface area contributed by atoms with Crippen LogP contribution in [0.3, 0.4) is 0 Å². The number of carbonyl (C=O) groups excluding carboxylic acids is 1. The average Bonchev–Trinajstić information content (AvgIpc) is 3.20. The highest BCUT2D eigenvalue weighted by Gasteiger charge is 2.24. The molecule has 0 saturated heterocycles. The number of aromatic nitrogens is 1. The first-order chi connectivity index (χ1) is 11.6. The lowest BCUT2D eigenvalue weighted by molar-refractivity contribution is 0.0936. The molecule has 6 heteroatoms. The van der Waals surface area contributed by atoms with Crippen LogP contribution >= 0.6 is 0 Å². The van der Waals surface area contributed by atoms with Crippen LogP contribution in [0, 0.1) is 6.92 Å². The van der Waals surface area contributed by atoms with Gasteiger partial charge in [0.2, 0.25) is 5.76 Å². The SMILES string of the molecule is CCN(CC)CCC[C@@H](C)NC(=O)c1c(C)noc1-c1ccco1. The van der Waals surface area contributed by atoms with Crippen LogP contribution in [0.5, 0.6) is 0 Å². The van der Waals surface area contributed by atoms with Crippen molar-refractivity contribution >= 4 is 5.91 Å². The standard InChI is InChI=1S/C18H27N3O3/c1-5-21(6-2)11-7-9-13(3)19-18(22)16-14(4)20-24-17(16)15-10-8-12-23-15/h8,10,12-13H,5-7,9,11H2,1-4H3,(H,19,22)/t13-/m1/s1. The maximum atomic E-state index is 12.6. The van der Waals surface area contributed by atoms with E-state index < -0.39 is 0 Å². The van der Waals surface area contributed by atoms with Crippen LogP contribution in [0.15, 0.2) is 27.3 Å². The maximum Gasteiger partial charge on any atom is 0.257 e. The second-order valence-corrected chi connectivity index (χ2v) is 5.99. The van der Waals surface area contributed by atoms with Crippen molar-refractivity contribution in [2.45, 2.75) is 46.6 Å². The van der Waals surface area contributed by atoms with Gasteiger partial charge in [0, 0.05) is 6.04 Å². The zero-order valence-electron chi connectivity index (χ0n) is 15.0. The van der Waals surface area contributed by atoms with E-state index in [2.05, 4.69) is 29.2 Å². The zero-order valence-corrected chi connectivity index (χ0v) is 15.0. The van der Waals surface area contributed by atoms with Gasteiger partial charge in [-0.1, -0.05) is 19.0 Å². The van der Waals surface area contributed by atoms with Crippen LogP contribution in [0.2, 0.25) is 0 Å². The molecule has 2 aromatic heterocycles. The van der Waals surface area contributed by atoms with Crippen molar-refractivity contribution in [3.8, 4) is 11.5 Å². The summed E-state index contributed by atoms with van der Waals surface area (Å²) in [6.45, 7) is 11.3. The number of furan rings is 1. The lowest BCUT2D eigenvalue weighted by Gasteiger charge is -2.19. The van der Waals surface area contributed by atoms with Crippen molar-refractivity contribution in [2.75, 3.05) is 19.6 Å². The molecule has 0 aliphatic heterocycles. The van der Waals surface area contributed by atoms with Gasteiger partial charge >= 0.3 is 0 Å². The van der Waals surface area contributed by atoms with Gasteiger partial charge in [0.1, 0.15) is 5.56 Å². The van der Waals surface area contributed by atoms with E-state index in [0.717, 1.165) is 32.5 Å². The molecule has 0 aliphatic rings. The van der Waals surface area contributed by atoms with E-state index in [1.54, 1.807) is 25.3 Å². The molecule has 0 fully saturated rings. The normalized spacial score (nSPS) is 12.5. The summed E-state index contributed by atoms with van der Waals surface area (Å²) in [5.41, 5.74) is 1.01. The van der Waals surface area contributed by atoms with Gasteiger partial charge in [0.05, 0.1) is 12.0 Å². The summed E-state index contributed by atoms with van der Waals surface area (Å²) in [6, 6.07) is 3.60. The number of aryl methyl sites for hydroxylation is 1. The molecule has 2 heterocycles. The Hall–Kier alpha value is -2.08. The fraction of sp³-hybridized carbons (Fsp3) is 0.556. The number of nitrogens with one attached hydrogen (secondary N) is 1. The van der Waals surface area contributed by atoms with E-state index >= 15 is 0 Å². The van der Waals surface area contributed by atoms with E-state index in [4.69, 9.17) is 8.94 Å². The molecule has 1 N–H and O–H groups in total. The zero-order chi connectivity index (χ0) is 17.5. The predicted octanol–water partition coefficient (Wildman–Crippen LogP) is 3.48. The molecule has 0 unspecified atom stereocenters. The lowest BCUT2D eigenvalue weighted by atomic mass is 10.1. The Kier molecular flexibility index (Phi) is 6.61. The molecule has 0 saturated carbocycles. The minimum absolute atomic E-state index is 0.0896. The van der Waals surface area contributed by atoms with Gasteiger partial charge in [-0.3, -0.25) is 4.79 Å². The quantitative estimate of drug-likeness (QED) is 0.760. The smallest absolute Gasteiger partial charge is 0.257 e. The fourth-order valence-electron chi connectivity index (χ4n) is 2.74. The minimum atomic E-state index is -0.171. The van der Waals surface area contributed by atoms with Crippen molar-refractivity contribution in [3.05, 3.63) is 29.7 Å². The summed E-state index contributed by atoms with van der Waals surface area (Å²) in [6.07, 6.45) is 3.53. The molecular formula is C18H27N3O3. The molecule has 2 aromatic rings. The van der Waals surface area contributed by atoms with Gasteiger partial charge in [-0.25, -0.2) is 0 Å². The van der Waals surface area contributed by atoms with E-state index in [1.165, 1.54) is 0 Å². The molecule has 6 nitrogen and oxygen atoms in total. The topological polar surface area (TPSA) is 71.5 Å². The van der Waals surface area contributed by atoms with Crippen LogP contribution in [-0.4, -0.2) is 41.6 Å². The first-order valence-corrected chi connectivity index (χ1v) is 8.60.